The molecule has 1 saturated heterocycles. The highest BCUT2D eigenvalue weighted by Gasteiger charge is 2.48. The molecule has 2 aliphatic rings. The van der Waals surface area contributed by atoms with Crippen LogP contribution in [-0.2, 0) is 4.79 Å². The van der Waals surface area contributed by atoms with Crippen molar-refractivity contribution >= 4 is 39.8 Å². The molecule has 1 N–H and O–H groups in total. The van der Waals surface area contributed by atoms with Crippen molar-refractivity contribution in [2.45, 2.75) is 24.8 Å². The van der Waals surface area contributed by atoms with Crippen LogP contribution in [0, 0.1) is 0 Å². The second-order valence-electron chi connectivity index (χ2n) is 6.13. The number of anilines is 1. The summed E-state index contributed by atoms with van der Waals surface area (Å²) < 4.78 is 0.412. The number of hydrogen-bond acceptors (Lipinski definition) is 5. The van der Waals surface area contributed by atoms with E-state index in [9.17, 15) is 10.0 Å². The molecule has 0 saturated carbocycles. The van der Waals surface area contributed by atoms with Gasteiger partial charge in [-0.2, -0.15) is 0 Å². The molecule has 4 nitrogen and oxygen atoms in total. The maximum atomic E-state index is 11.2. The van der Waals surface area contributed by atoms with Gasteiger partial charge in [0.05, 0.1) is 4.75 Å². The van der Waals surface area contributed by atoms with Gasteiger partial charge in [0.25, 0.3) is 0 Å². The van der Waals surface area contributed by atoms with Gasteiger partial charge in [0, 0.05) is 11.9 Å². The van der Waals surface area contributed by atoms with Crippen molar-refractivity contribution in [3.8, 4) is 0 Å². The van der Waals surface area contributed by atoms with Crippen molar-refractivity contribution in [3.05, 3.63) is 66.4 Å². The summed E-state index contributed by atoms with van der Waals surface area (Å²) in [6.07, 6.45) is 7.60. The number of ketones is 1. The molecular formula is C18H18N2O2S2. The number of thioether (sulfide) groups is 1. The molecule has 0 amide bonds. The predicted octanol–water partition coefficient (Wildman–Crippen LogP) is 3.90. The van der Waals surface area contributed by atoms with Crippen LogP contribution in [0.3, 0.4) is 0 Å². The van der Waals surface area contributed by atoms with Gasteiger partial charge in [-0.15, -0.1) is 0 Å². The number of hydroxylamine groups is 2. The summed E-state index contributed by atoms with van der Waals surface area (Å²) >= 11 is 7.11. The molecule has 3 rings (SSSR count). The summed E-state index contributed by atoms with van der Waals surface area (Å²) in [6.45, 7) is 4.10. The number of carbonyl (C=O) groups is 1. The molecule has 1 aliphatic carbocycles. The van der Waals surface area contributed by atoms with Crippen LogP contribution in [0.1, 0.15) is 13.8 Å². The molecule has 1 aromatic rings. The normalized spacial score (nSPS) is 22.2. The maximum absolute atomic E-state index is 11.2. The summed E-state index contributed by atoms with van der Waals surface area (Å²) in [5, 5.41) is 11.9. The van der Waals surface area contributed by atoms with E-state index in [1.54, 1.807) is 30.1 Å². The van der Waals surface area contributed by atoms with Crippen LogP contribution in [0.15, 0.2) is 66.4 Å². The highest BCUT2D eigenvalue weighted by atomic mass is 32.2. The lowest BCUT2D eigenvalue weighted by atomic mass is 10.1. The van der Waals surface area contributed by atoms with Gasteiger partial charge in [0.15, 0.2) is 5.78 Å². The van der Waals surface area contributed by atoms with Crippen LogP contribution in [0.5, 0.6) is 0 Å². The maximum Gasteiger partial charge on any atom is 0.178 e. The Morgan fingerprint density at radius 3 is 2.46 bits per heavy atom. The quantitative estimate of drug-likeness (QED) is 0.653. The third-order valence-electron chi connectivity index (χ3n) is 3.86. The fraction of sp³-hybridized carbons (Fsp3) is 0.222. The van der Waals surface area contributed by atoms with E-state index in [2.05, 4.69) is 13.8 Å². The fourth-order valence-corrected chi connectivity index (χ4v) is 4.71. The van der Waals surface area contributed by atoms with E-state index in [4.69, 9.17) is 12.2 Å². The minimum atomic E-state index is -0.357. The summed E-state index contributed by atoms with van der Waals surface area (Å²) in [6, 6.07) is 9.79. The summed E-state index contributed by atoms with van der Waals surface area (Å²) in [5.74, 6) is -0.0551. The summed E-state index contributed by atoms with van der Waals surface area (Å²) in [4.78, 5) is 13.2. The zero-order chi connectivity index (χ0) is 17.3. The minimum absolute atomic E-state index is 0.0551. The Morgan fingerprint density at radius 2 is 1.83 bits per heavy atom. The van der Waals surface area contributed by atoms with Crippen LogP contribution in [0.4, 0.5) is 5.69 Å². The number of benzene rings is 1. The predicted molar refractivity (Wildman–Crippen MR) is 102 cm³/mol. The summed E-state index contributed by atoms with van der Waals surface area (Å²) in [7, 11) is 0. The molecule has 24 heavy (non-hydrogen) atoms. The van der Waals surface area contributed by atoms with E-state index < -0.39 is 0 Å². The van der Waals surface area contributed by atoms with Crippen molar-refractivity contribution in [3.63, 3.8) is 0 Å². The Balaban J connectivity index is 1.94. The molecule has 0 aromatic heterocycles. The van der Waals surface area contributed by atoms with Gasteiger partial charge in [-0.25, -0.2) is 5.06 Å². The van der Waals surface area contributed by atoms with Gasteiger partial charge < -0.3 is 4.90 Å². The summed E-state index contributed by atoms with van der Waals surface area (Å²) in [5.41, 5.74) is 1.69. The molecule has 1 unspecified atom stereocenters. The van der Waals surface area contributed by atoms with Crippen molar-refractivity contribution in [2.75, 3.05) is 4.90 Å². The number of thiocarbonyl (C=S) groups is 1. The first-order chi connectivity index (χ1) is 11.4. The zero-order valence-corrected chi connectivity index (χ0v) is 15.1. The van der Waals surface area contributed by atoms with E-state index in [1.165, 1.54) is 17.2 Å². The van der Waals surface area contributed by atoms with Gasteiger partial charge in [-0.05, 0) is 55.9 Å². The Labute approximate surface area is 151 Å². The second-order valence-corrected chi connectivity index (χ2v) is 8.42. The second kappa shape index (κ2) is 6.55. The van der Waals surface area contributed by atoms with Crippen LogP contribution < -0.4 is 4.90 Å². The molecular weight excluding hydrogens is 340 g/mol. The monoisotopic (exact) mass is 358 g/mol. The van der Waals surface area contributed by atoms with E-state index in [-0.39, 0.29) is 16.7 Å². The molecule has 1 aromatic carbocycles. The lowest BCUT2D eigenvalue weighted by Crippen LogP contribution is -2.50. The molecule has 1 heterocycles. The Kier molecular flexibility index (Phi) is 4.62. The average Bonchev–Trinajstić information content (AvgIpc) is 2.79. The first-order valence-electron chi connectivity index (χ1n) is 7.55. The van der Waals surface area contributed by atoms with Gasteiger partial charge in [-0.1, -0.05) is 42.2 Å². The molecule has 0 radical (unpaired) electrons. The first kappa shape index (κ1) is 17.0. The number of rotatable bonds is 3. The third-order valence-corrected chi connectivity index (χ3v) is 5.41. The Hall–Kier alpha value is -1.89. The third kappa shape index (κ3) is 3.31. The topological polar surface area (TPSA) is 43.8 Å². The fourth-order valence-electron chi connectivity index (χ4n) is 2.79. The molecule has 0 spiro atoms. The molecule has 0 bridgehead atoms. The van der Waals surface area contributed by atoms with Gasteiger partial charge in [0.1, 0.15) is 10.5 Å². The number of carbonyl (C=O) groups excluding carboxylic acids is 1. The van der Waals surface area contributed by atoms with E-state index in [0.29, 0.717) is 0 Å². The number of hydrogen-bond donors (Lipinski definition) is 1. The lowest BCUT2D eigenvalue weighted by molar-refractivity contribution is -0.110. The van der Waals surface area contributed by atoms with Crippen LogP contribution in [0.2, 0.25) is 0 Å². The standard InChI is InChI=1S/C18H18N2O2S2/c1-18(2)16(19(22)12-13-8-10-15(21)11-9-13)20(17(23)24-18)14-6-4-3-5-7-14/h3-12,16,22H,1-2H3. The van der Waals surface area contributed by atoms with Crippen LogP contribution in [-0.4, -0.2) is 31.3 Å². The molecule has 124 valence electrons. The van der Waals surface area contributed by atoms with Crippen molar-refractivity contribution in [2.24, 2.45) is 0 Å². The lowest BCUT2D eigenvalue weighted by Gasteiger charge is -2.36. The smallest absolute Gasteiger partial charge is 0.178 e. The highest BCUT2D eigenvalue weighted by molar-refractivity contribution is 8.24. The first-order valence-corrected chi connectivity index (χ1v) is 8.77. The van der Waals surface area contributed by atoms with Crippen LogP contribution in [0.25, 0.3) is 0 Å². The molecule has 6 heteroatoms. The van der Waals surface area contributed by atoms with Crippen molar-refractivity contribution in [1.82, 2.24) is 5.06 Å². The largest absolute Gasteiger partial charge is 0.303 e. The zero-order valence-electron chi connectivity index (χ0n) is 13.4. The SMILES string of the molecule is CC1(C)SC(=S)N(c2ccccc2)C1N(O)C=C1C=CC(=O)C=C1. The number of para-hydroxylation sites is 1. The van der Waals surface area contributed by atoms with Crippen molar-refractivity contribution < 1.29 is 10.0 Å². The Morgan fingerprint density at radius 1 is 1.21 bits per heavy atom. The van der Waals surface area contributed by atoms with Crippen LogP contribution >= 0.6 is 24.0 Å². The average molecular weight is 358 g/mol. The highest BCUT2D eigenvalue weighted by Crippen LogP contribution is 2.44. The molecule has 1 fully saturated rings. The van der Waals surface area contributed by atoms with E-state index in [1.807, 2.05) is 35.2 Å². The van der Waals surface area contributed by atoms with Crippen molar-refractivity contribution in [1.29, 1.82) is 0 Å². The van der Waals surface area contributed by atoms with E-state index >= 15 is 0 Å². The van der Waals surface area contributed by atoms with Gasteiger partial charge >= 0.3 is 0 Å². The molecule has 1 atom stereocenters. The molecule has 1 aliphatic heterocycles. The minimum Gasteiger partial charge on any atom is -0.303 e. The Bertz CT molecular complexity index is 736. The number of nitrogens with zero attached hydrogens (tertiary/aromatic N) is 2. The number of allylic oxidation sites excluding steroid dienone is 5. The van der Waals surface area contributed by atoms with Gasteiger partial charge in [0.2, 0.25) is 0 Å². The van der Waals surface area contributed by atoms with E-state index in [0.717, 1.165) is 15.6 Å². The van der Waals surface area contributed by atoms with Gasteiger partial charge in [-0.3, -0.25) is 10.0 Å².